The molecule has 1 rings (SSSR count). The fourth-order valence-electron chi connectivity index (χ4n) is 1.24. The lowest BCUT2D eigenvalue weighted by atomic mass is 10.4. The van der Waals surface area contributed by atoms with Crippen molar-refractivity contribution in [1.82, 2.24) is 4.98 Å². The van der Waals surface area contributed by atoms with E-state index < -0.39 is 15.1 Å². The molecule has 1 aromatic heterocycles. The van der Waals surface area contributed by atoms with E-state index >= 15 is 0 Å². The van der Waals surface area contributed by atoms with Crippen LogP contribution in [0, 0.1) is 0 Å². The van der Waals surface area contributed by atoms with E-state index in [1.807, 2.05) is 0 Å². The Labute approximate surface area is 101 Å². The quantitative estimate of drug-likeness (QED) is 0.761. The molecule has 0 aliphatic rings. The number of nitrogens with zero attached hydrogens (tertiary/aromatic N) is 1. The first-order valence-corrected chi connectivity index (χ1v) is 6.91. The van der Waals surface area contributed by atoms with Crippen LogP contribution in [0.25, 0.3) is 0 Å². The van der Waals surface area contributed by atoms with E-state index in [4.69, 9.17) is 16.3 Å². The summed E-state index contributed by atoms with van der Waals surface area (Å²) in [7, 11) is -2.05. The number of hydrogen-bond acceptors (Lipinski definition) is 4. The van der Waals surface area contributed by atoms with Crippen molar-refractivity contribution in [1.29, 1.82) is 0 Å². The normalized spacial score (nSPS) is 13.4. The van der Waals surface area contributed by atoms with Gasteiger partial charge in [-0.3, -0.25) is 0 Å². The Hall–Kier alpha value is -0.810. The zero-order valence-corrected chi connectivity index (χ0v) is 10.8. The molecule has 0 bridgehead atoms. The molecular weight excluding hydrogens is 250 g/mol. The van der Waals surface area contributed by atoms with Crippen molar-refractivity contribution in [3.8, 4) is 5.75 Å². The fourth-order valence-corrected chi connectivity index (χ4v) is 3.15. The lowest BCUT2D eigenvalue weighted by Crippen LogP contribution is -2.20. The van der Waals surface area contributed by atoms with Crippen LogP contribution in [0.1, 0.15) is 13.3 Å². The minimum atomic E-state index is -3.46. The third-order valence-corrected chi connectivity index (χ3v) is 4.63. The predicted octanol–water partition coefficient (Wildman–Crippen LogP) is 1.88. The molecule has 1 heterocycles. The van der Waals surface area contributed by atoms with E-state index in [9.17, 15) is 8.42 Å². The minimum Gasteiger partial charge on any atom is -0.494 e. The Kier molecular flexibility index (Phi) is 4.56. The van der Waals surface area contributed by atoms with Gasteiger partial charge in [-0.25, -0.2) is 13.4 Å². The Morgan fingerprint density at radius 2 is 2.25 bits per heavy atom. The second kappa shape index (κ2) is 5.50. The van der Waals surface area contributed by atoms with Crippen molar-refractivity contribution in [2.45, 2.75) is 23.6 Å². The van der Waals surface area contributed by atoms with Crippen molar-refractivity contribution in [3.63, 3.8) is 0 Å². The molecule has 0 spiro atoms. The number of pyridine rings is 1. The number of sulfone groups is 1. The maximum Gasteiger partial charge on any atom is 0.201 e. The highest BCUT2D eigenvalue weighted by Crippen LogP contribution is 2.25. The second-order valence-electron chi connectivity index (χ2n) is 3.34. The van der Waals surface area contributed by atoms with E-state index in [-0.39, 0.29) is 10.8 Å². The van der Waals surface area contributed by atoms with Gasteiger partial charge in [0.25, 0.3) is 0 Å². The van der Waals surface area contributed by atoms with Crippen molar-refractivity contribution >= 4 is 21.4 Å². The van der Waals surface area contributed by atoms with Crippen LogP contribution in [0.2, 0.25) is 0 Å². The monoisotopic (exact) mass is 263 g/mol. The summed E-state index contributed by atoms with van der Waals surface area (Å²) in [5.74, 6) is 0.569. The molecule has 1 atom stereocenters. The number of halogens is 1. The summed E-state index contributed by atoms with van der Waals surface area (Å²) in [5.41, 5.74) is 0. The van der Waals surface area contributed by atoms with Gasteiger partial charge in [-0.05, 0) is 25.5 Å². The summed E-state index contributed by atoms with van der Waals surface area (Å²) < 4.78 is 29.2. The van der Waals surface area contributed by atoms with Crippen molar-refractivity contribution in [2.75, 3.05) is 13.0 Å². The van der Waals surface area contributed by atoms with Gasteiger partial charge in [0.2, 0.25) is 9.84 Å². The molecule has 16 heavy (non-hydrogen) atoms. The number of ether oxygens (including phenoxy) is 1. The molecule has 0 radical (unpaired) electrons. The molecule has 0 aliphatic heterocycles. The second-order valence-corrected chi connectivity index (χ2v) is 6.00. The third kappa shape index (κ3) is 2.65. The highest BCUT2D eigenvalue weighted by Gasteiger charge is 2.27. The maximum absolute atomic E-state index is 12.1. The zero-order chi connectivity index (χ0) is 12.2. The molecule has 4 nitrogen and oxygen atoms in total. The molecule has 0 saturated carbocycles. The summed E-state index contributed by atoms with van der Waals surface area (Å²) >= 11 is 5.55. The first-order valence-electron chi connectivity index (χ1n) is 4.83. The Morgan fingerprint density at radius 1 is 1.56 bits per heavy atom. The number of aromatic nitrogens is 1. The molecule has 1 unspecified atom stereocenters. The van der Waals surface area contributed by atoms with Gasteiger partial charge in [0.05, 0.1) is 12.4 Å². The first-order chi connectivity index (χ1) is 7.54. The summed E-state index contributed by atoms with van der Waals surface area (Å²) in [4.78, 5) is 3.87. The Balaban J connectivity index is 3.16. The highest BCUT2D eigenvalue weighted by molar-refractivity contribution is 7.92. The van der Waals surface area contributed by atoms with Crippen LogP contribution in [0.15, 0.2) is 23.4 Å². The third-order valence-electron chi connectivity index (χ3n) is 2.27. The van der Waals surface area contributed by atoms with E-state index in [2.05, 4.69) is 4.98 Å². The van der Waals surface area contributed by atoms with Gasteiger partial charge in [-0.15, -0.1) is 11.6 Å². The smallest absolute Gasteiger partial charge is 0.201 e. The van der Waals surface area contributed by atoms with Gasteiger partial charge in [-0.2, -0.15) is 0 Å². The minimum absolute atomic E-state index is 0.0184. The molecule has 0 aromatic carbocycles. The Morgan fingerprint density at radius 3 is 2.81 bits per heavy atom. The number of rotatable bonds is 5. The number of hydrogen-bond donors (Lipinski definition) is 0. The van der Waals surface area contributed by atoms with Crippen LogP contribution in [0.3, 0.4) is 0 Å². The van der Waals surface area contributed by atoms with Crippen LogP contribution in [0.5, 0.6) is 5.75 Å². The van der Waals surface area contributed by atoms with Crippen molar-refractivity contribution < 1.29 is 13.2 Å². The van der Waals surface area contributed by atoms with Crippen molar-refractivity contribution in [2.24, 2.45) is 0 Å². The lowest BCUT2D eigenvalue weighted by Gasteiger charge is -2.12. The molecule has 0 amide bonds. The average molecular weight is 264 g/mol. The standard InChI is InChI=1S/C10H14ClNO3S/c1-8(5-6-11)16(13,14)10-9(15-2)4-3-7-12-10/h3-4,7-8H,5-6H2,1-2H3. The van der Waals surface area contributed by atoms with Gasteiger partial charge in [0, 0.05) is 12.1 Å². The van der Waals surface area contributed by atoms with E-state index in [1.165, 1.54) is 13.3 Å². The lowest BCUT2D eigenvalue weighted by molar-refractivity contribution is 0.398. The van der Waals surface area contributed by atoms with Crippen LogP contribution in [-0.2, 0) is 9.84 Å². The summed E-state index contributed by atoms with van der Waals surface area (Å²) in [5, 5.41) is -0.580. The van der Waals surface area contributed by atoms with Gasteiger partial charge < -0.3 is 4.74 Å². The highest BCUT2D eigenvalue weighted by atomic mass is 35.5. The summed E-state index contributed by atoms with van der Waals surface area (Å²) in [6.07, 6.45) is 1.83. The fraction of sp³-hybridized carbons (Fsp3) is 0.500. The van der Waals surface area contributed by atoms with E-state index in [1.54, 1.807) is 19.1 Å². The van der Waals surface area contributed by atoms with Gasteiger partial charge in [0.1, 0.15) is 0 Å². The van der Waals surface area contributed by atoms with Gasteiger partial charge in [-0.1, -0.05) is 0 Å². The average Bonchev–Trinajstić information content (AvgIpc) is 2.29. The van der Waals surface area contributed by atoms with E-state index in [0.717, 1.165) is 0 Å². The molecular formula is C10H14ClNO3S. The molecule has 0 saturated heterocycles. The number of methoxy groups -OCH3 is 1. The SMILES string of the molecule is COc1cccnc1S(=O)(=O)C(C)CCCl. The predicted molar refractivity (Wildman–Crippen MR) is 62.8 cm³/mol. The topological polar surface area (TPSA) is 56.3 Å². The summed E-state index contributed by atoms with van der Waals surface area (Å²) in [6.45, 7) is 1.62. The van der Waals surface area contributed by atoms with Gasteiger partial charge in [0.15, 0.2) is 10.8 Å². The van der Waals surface area contributed by atoms with Crippen molar-refractivity contribution in [3.05, 3.63) is 18.3 Å². The summed E-state index contributed by atoms with van der Waals surface area (Å²) in [6, 6.07) is 3.21. The molecule has 0 fully saturated rings. The molecule has 0 N–H and O–H groups in total. The van der Waals surface area contributed by atoms with Crippen LogP contribution >= 0.6 is 11.6 Å². The van der Waals surface area contributed by atoms with Crippen LogP contribution in [0.4, 0.5) is 0 Å². The Bertz CT molecular complexity index is 447. The van der Waals surface area contributed by atoms with Gasteiger partial charge >= 0.3 is 0 Å². The molecule has 0 aliphatic carbocycles. The molecule has 1 aromatic rings. The van der Waals surface area contributed by atoms with Crippen LogP contribution in [-0.4, -0.2) is 31.6 Å². The molecule has 6 heteroatoms. The first kappa shape index (κ1) is 13.3. The largest absolute Gasteiger partial charge is 0.494 e. The van der Waals surface area contributed by atoms with E-state index in [0.29, 0.717) is 12.3 Å². The zero-order valence-electron chi connectivity index (χ0n) is 9.18. The van der Waals surface area contributed by atoms with Crippen LogP contribution < -0.4 is 4.74 Å². The maximum atomic E-state index is 12.1. The molecule has 90 valence electrons. The number of alkyl halides is 1.